The number of anilines is 1. The summed E-state index contributed by atoms with van der Waals surface area (Å²) in [4.78, 5) is 11.8. The first-order chi connectivity index (χ1) is 7.68. The summed E-state index contributed by atoms with van der Waals surface area (Å²) in [7, 11) is 0. The van der Waals surface area contributed by atoms with Crippen molar-refractivity contribution >= 4 is 39.1 Å². The van der Waals surface area contributed by atoms with E-state index in [1.165, 1.54) is 0 Å². The van der Waals surface area contributed by atoms with Crippen molar-refractivity contribution in [3.63, 3.8) is 0 Å². The molecule has 0 bridgehead atoms. The van der Waals surface area contributed by atoms with Gasteiger partial charge in [0.05, 0.1) is 15.2 Å². The lowest BCUT2D eigenvalue weighted by atomic mass is 10.2. The Morgan fingerprint density at radius 3 is 3.06 bits per heavy atom. The highest BCUT2D eigenvalue weighted by atomic mass is 79.9. The van der Waals surface area contributed by atoms with Gasteiger partial charge in [0.1, 0.15) is 6.10 Å². The lowest BCUT2D eigenvalue weighted by Crippen LogP contribution is -2.26. The Kier molecular flexibility index (Phi) is 3.84. The number of halogens is 2. The SMILES string of the molecule is O=C(Nc1cccc(Cl)c1Br)[C@@H]1CCCO1. The van der Waals surface area contributed by atoms with Gasteiger partial charge in [-0.1, -0.05) is 17.7 Å². The summed E-state index contributed by atoms with van der Waals surface area (Å²) in [6, 6.07) is 5.34. The molecular formula is C11H11BrClNO2. The molecule has 16 heavy (non-hydrogen) atoms. The molecule has 1 heterocycles. The third kappa shape index (κ3) is 2.56. The molecule has 1 aromatic rings. The van der Waals surface area contributed by atoms with E-state index in [0.717, 1.165) is 12.8 Å². The minimum atomic E-state index is -0.328. The first kappa shape index (κ1) is 11.9. The molecule has 3 nitrogen and oxygen atoms in total. The lowest BCUT2D eigenvalue weighted by Gasteiger charge is -2.12. The van der Waals surface area contributed by atoms with E-state index in [-0.39, 0.29) is 12.0 Å². The Hall–Kier alpha value is -0.580. The molecule has 2 rings (SSSR count). The smallest absolute Gasteiger partial charge is 0.253 e. The second kappa shape index (κ2) is 5.17. The van der Waals surface area contributed by atoms with Crippen LogP contribution in [0.2, 0.25) is 5.02 Å². The zero-order valence-corrected chi connectivity index (χ0v) is 10.8. The number of rotatable bonds is 2. The molecular weight excluding hydrogens is 293 g/mol. The summed E-state index contributed by atoms with van der Waals surface area (Å²) < 4.78 is 5.99. The maximum atomic E-state index is 11.8. The van der Waals surface area contributed by atoms with E-state index in [4.69, 9.17) is 16.3 Å². The van der Waals surface area contributed by atoms with E-state index in [1.807, 2.05) is 0 Å². The van der Waals surface area contributed by atoms with E-state index in [9.17, 15) is 4.79 Å². The molecule has 5 heteroatoms. The predicted octanol–water partition coefficient (Wildman–Crippen LogP) is 3.22. The predicted molar refractivity (Wildman–Crippen MR) is 66.8 cm³/mol. The second-order valence-electron chi connectivity index (χ2n) is 3.59. The van der Waals surface area contributed by atoms with E-state index in [0.29, 0.717) is 21.8 Å². The zero-order chi connectivity index (χ0) is 11.5. The van der Waals surface area contributed by atoms with Crippen molar-refractivity contribution in [1.82, 2.24) is 0 Å². The number of hydrogen-bond donors (Lipinski definition) is 1. The summed E-state index contributed by atoms with van der Waals surface area (Å²) in [5.41, 5.74) is 0.674. The zero-order valence-electron chi connectivity index (χ0n) is 8.50. The average molecular weight is 305 g/mol. The molecule has 1 saturated heterocycles. The van der Waals surface area contributed by atoms with Crippen LogP contribution in [0.4, 0.5) is 5.69 Å². The van der Waals surface area contributed by atoms with Gasteiger partial charge in [-0.25, -0.2) is 0 Å². The Morgan fingerprint density at radius 1 is 1.56 bits per heavy atom. The van der Waals surface area contributed by atoms with Crippen LogP contribution in [0.15, 0.2) is 22.7 Å². The maximum Gasteiger partial charge on any atom is 0.253 e. The normalized spacial score (nSPS) is 19.8. The summed E-state index contributed by atoms with van der Waals surface area (Å²) in [5.74, 6) is -0.111. The Morgan fingerprint density at radius 2 is 2.38 bits per heavy atom. The fourth-order valence-corrected chi connectivity index (χ4v) is 2.14. The van der Waals surface area contributed by atoms with E-state index < -0.39 is 0 Å². The van der Waals surface area contributed by atoms with Gasteiger partial charge < -0.3 is 10.1 Å². The molecule has 0 aromatic heterocycles. The number of hydrogen-bond acceptors (Lipinski definition) is 2. The molecule has 1 fully saturated rings. The molecule has 1 amide bonds. The largest absolute Gasteiger partial charge is 0.368 e. The van der Waals surface area contributed by atoms with Gasteiger partial charge in [-0.15, -0.1) is 0 Å². The van der Waals surface area contributed by atoms with Crippen molar-refractivity contribution in [3.8, 4) is 0 Å². The second-order valence-corrected chi connectivity index (χ2v) is 4.79. The van der Waals surface area contributed by atoms with Crippen LogP contribution >= 0.6 is 27.5 Å². The third-order valence-corrected chi connectivity index (χ3v) is 3.83. The van der Waals surface area contributed by atoms with Gasteiger partial charge in [0.15, 0.2) is 0 Å². The molecule has 0 saturated carbocycles. The van der Waals surface area contributed by atoms with Gasteiger partial charge >= 0.3 is 0 Å². The van der Waals surface area contributed by atoms with Gasteiger partial charge in [-0.05, 0) is 40.9 Å². The topological polar surface area (TPSA) is 38.3 Å². The van der Waals surface area contributed by atoms with Crippen LogP contribution in [0.3, 0.4) is 0 Å². The van der Waals surface area contributed by atoms with Gasteiger partial charge in [0.25, 0.3) is 5.91 Å². The summed E-state index contributed by atoms with van der Waals surface area (Å²) in [6.07, 6.45) is 1.39. The molecule has 0 aliphatic carbocycles. The van der Waals surface area contributed by atoms with Crippen molar-refractivity contribution in [2.24, 2.45) is 0 Å². The lowest BCUT2D eigenvalue weighted by molar-refractivity contribution is -0.124. The van der Waals surface area contributed by atoms with Crippen LogP contribution in [-0.4, -0.2) is 18.6 Å². The molecule has 1 aromatic carbocycles. The summed E-state index contributed by atoms with van der Waals surface area (Å²) >= 11 is 9.26. The molecule has 0 radical (unpaired) electrons. The van der Waals surface area contributed by atoms with E-state index in [1.54, 1.807) is 18.2 Å². The monoisotopic (exact) mass is 303 g/mol. The van der Waals surface area contributed by atoms with Gasteiger partial charge in [-0.2, -0.15) is 0 Å². The molecule has 0 unspecified atom stereocenters. The fourth-order valence-electron chi connectivity index (χ4n) is 1.60. The number of amides is 1. The van der Waals surface area contributed by atoms with Crippen LogP contribution < -0.4 is 5.32 Å². The molecule has 1 aliphatic rings. The Balaban J connectivity index is 2.08. The van der Waals surface area contributed by atoms with E-state index >= 15 is 0 Å². The Labute approximate surface area is 107 Å². The summed E-state index contributed by atoms with van der Waals surface area (Å²) in [5, 5.41) is 3.37. The standard InChI is InChI=1S/C11H11BrClNO2/c12-10-7(13)3-1-4-8(10)14-11(15)9-5-2-6-16-9/h1,3-4,9H,2,5-6H2,(H,14,15)/t9-/m0/s1. The van der Waals surface area contributed by atoms with Crippen LogP contribution in [0.5, 0.6) is 0 Å². The Bertz CT molecular complexity index is 405. The van der Waals surface area contributed by atoms with Crippen molar-refractivity contribution < 1.29 is 9.53 Å². The van der Waals surface area contributed by atoms with Gasteiger partial charge in [-0.3, -0.25) is 4.79 Å². The molecule has 1 atom stereocenters. The molecule has 1 aliphatic heterocycles. The number of benzene rings is 1. The number of carbonyl (C=O) groups is 1. The highest BCUT2D eigenvalue weighted by molar-refractivity contribution is 9.10. The minimum Gasteiger partial charge on any atom is -0.368 e. The molecule has 86 valence electrons. The van der Waals surface area contributed by atoms with Crippen molar-refractivity contribution in [2.45, 2.75) is 18.9 Å². The van der Waals surface area contributed by atoms with Crippen LogP contribution in [0.25, 0.3) is 0 Å². The minimum absolute atomic E-state index is 0.111. The number of ether oxygens (including phenoxy) is 1. The maximum absolute atomic E-state index is 11.8. The van der Waals surface area contributed by atoms with Crippen molar-refractivity contribution in [3.05, 3.63) is 27.7 Å². The first-order valence-corrected chi connectivity index (χ1v) is 6.22. The number of nitrogens with one attached hydrogen (secondary N) is 1. The fraction of sp³-hybridized carbons (Fsp3) is 0.364. The highest BCUT2D eigenvalue weighted by Gasteiger charge is 2.24. The average Bonchev–Trinajstić information content (AvgIpc) is 2.78. The van der Waals surface area contributed by atoms with Crippen LogP contribution in [0.1, 0.15) is 12.8 Å². The van der Waals surface area contributed by atoms with Crippen LogP contribution in [-0.2, 0) is 9.53 Å². The van der Waals surface area contributed by atoms with E-state index in [2.05, 4.69) is 21.2 Å². The van der Waals surface area contributed by atoms with Crippen LogP contribution in [0, 0.1) is 0 Å². The third-order valence-electron chi connectivity index (χ3n) is 2.43. The molecule has 1 N–H and O–H groups in total. The van der Waals surface area contributed by atoms with Crippen molar-refractivity contribution in [2.75, 3.05) is 11.9 Å². The van der Waals surface area contributed by atoms with Gasteiger partial charge in [0.2, 0.25) is 0 Å². The summed E-state index contributed by atoms with van der Waals surface area (Å²) in [6.45, 7) is 0.662. The number of carbonyl (C=O) groups excluding carboxylic acids is 1. The highest BCUT2D eigenvalue weighted by Crippen LogP contribution is 2.30. The first-order valence-electron chi connectivity index (χ1n) is 5.05. The quantitative estimate of drug-likeness (QED) is 0.911. The van der Waals surface area contributed by atoms with Crippen molar-refractivity contribution in [1.29, 1.82) is 0 Å². The molecule has 0 spiro atoms. The van der Waals surface area contributed by atoms with Gasteiger partial charge in [0, 0.05) is 6.61 Å².